The third-order valence-electron chi connectivity index (χ3n) is 1.89. The molecule has 1 aromatic heterocycles. The molecular weight excluding hydrogens is 186 g/mol. The van der Waals surface area contributed by atoms with E-state index >= 15 is 0 Å². The lowest BCUT2D eigenvalue weighted by molar-refractivity contribution is -0.871. The van der Waals surface area contributed by atoms with Crippen LogP contribution in [0.2, 0.25) is 0 Å². The highest BCUT2D eigenvalue weighted by molar-refractivity contribution is 7.21. The highest BCUT2D eigenvalue weighted by atomic mass is 32.1. The molecule has 0 aliphatic rings. The maximum atomic E-state index is 9.58. The van der Waals surface area contributed by atoms with E-state index in [1.807, 2.05) is 25.1 Å². The summed E-state index contributed by atoms with van der Waals surface area (Å²) < 4.78 is 1.90. The van der Waals surface area contributed by atoms with Gasteiger partial charge < -0.3 is 5.21 Å². The van der Waals surface area contributed by atoms with Crippen molar-refractivity contribution < 1.29 is 9.94 Å². The van der Waals surface area contributed by atoms with E-state index in [9.17, 15) is 5.21 Å². The average molecular weight is 194 g/mol. The SMILES string of the molecule is Cc1cccc2sc(N=N)[n+](O)c12. The highest BCUT2D eigenvalue weighted by Gasteiger charge is 2.19. The predicted octanol–water partition coefficient (Wildman–Crippen LogP) is 2.40. The van der Waals surface area contributed by atoms with Crippen LogP contribution in [0.1, 0.15) is 5.56 Å². The van der Waals surface area contributed by atoms with Gasteiger partial charge in [0.15, 0.2) is 5.52 Å². The van der Waals surface area contributed by atoms with Crippen molar-refractivity contribution in [1.29, 1.82) is 5.53 Å². The maximum Gasteiger partial charge on any atom is 0.447 e. The normalized spacial score (nSPS) is 10.5. The number of hydrogen-bond acceptors (Lipinski definition) is 4. The molecule has 4 nitrogen and oxygen atoms in total. The Morgan fingerprint density at radius 2 is 2.31 bits per heavy atom. The second-order valence-electron chi connectivity index (χ2n) is 2.73. The molecular formula is C8H8N3OS+. The van der Waals surface area contributed by atoms with Crippen molar-refractivity contribution in [1.82, 2.24) is 0 Å². The number of aryl methyl sites for hydroxylation is 1. The van der Waals surface area contributed by atoms with Gasteiger partial charge >= 0.3 is 5.13 Å². The molecule has 0 fully saturated rings. The van der Waals surface area contributed by atoms with Crippen molar-refractivity contribution in [3.05, 3.63) is 23.8 Å². The Hall–Kier alpha value is -1.49. The molecule has 66 valence electrons. The van der Waals surface area contributed by atoms with Crippen molar-refractivity contribution in [3.8, 4) is 0 Å². The third kappa shape index (κ3) is 1.08. The molecule has 2 rings (SSSR count). The number of nitrogens with one attached hydrogen (secondary N) is 1. The van der Waals surface area contributed by atoms with Gasteiger partial charge in [0.1, 0.15) is 0 Å². The summed E-state index contributed by atoms with van der Waals surface area (Å²) in [6.07, 6.45) is 0. The first-order valence-corrected chi connectivity index (χ1v) is 4.56. The number of rotatable bonds is 1. The van der Waals surface area contributed by atoms with Crippen molar-refractivity contribution in [3.63, 3.8) is 0 Å². The number of aromatic nitrogens is 1. The van der Waals surface area contributed by atoms with E-state index < -0.39 is 0 Å². The first-order chi connectivity index (χ1) is 6.24. The number of nitrogens with zero attached hydrogens (tertiary/aromatic N) is 2. The van der Waals surface area contributed by atoms with Gasteiger partial charge in [-0.15, -0.1) is 0 Å². The minimum absolute atomic E-state index is 0.296. The number of fused-ring (bicyclic) bond motifs is 1. The molecule has 13 heavy (non-hydrogen) atoms. The van der Waals surface area contributed by atoms with Gasteiger partial charge in [-0.2, -0.15) is 0 Å². The molecule has 2 aromatic rings. The zero-order valence-electron chi connectivity index (χ0n) is 6.98. The van der Waals surface area contributed by atoms with Crippen LogP contribution in [0.25, 0.3) is 10.2 Å². The van der Waals surface area contributed by atoms with Crippen molar-refractivity contribution in [2.24, 2.45) is 5.11 Å². The van der Waals surface area contributed by atoms with Gasteiger partial charge in [-0.1, -0.05) is 17.7 Å². The molecule has 0 aliphatic heterocycles. The fourth-order valence-corrected chi connectivity index (χ4v) is 2.20. The van der Waals surface area contributed by atoms with Crippen LogP contribution in [0.3, 0.4) is 0 Å². The van der Waals surface area contributed by atoms with Crippen molar-refractivity contribution >= 4 is 26.7 Å². The number of para-hydroxylation sites is 1. The van der Waals surface area contributed by atoms with E-state index in [0.717, 1.165) is 20.5 Å². The molecule has 0 saturated carbocycles. The van der Waals surface area contributed by atoms with Crippen LogP contribution in [0.15, 0.2) is 23.3 Å². The lowest BCUT2D eigenvalue weighted by Crippen LogP contribution is -2.28. The fourth-order valence-electron chi connectivity index (χ4n) is 1.29. The van der Waals surface area contributed by atoms with Crippen LogP contribution in [-0.4, -0.2) is 5.21 Å². The Morgan fingerprint density at radius 3 is 2.92 bits per heavy atom. The summed E-state index contributed by atoms with van der Waals surface area (Å²) in [5, 5.41) is 13.1. The Morgan fingerprint density at radius 1 is 1.54 bits per heavy atom. The van der Waals surface area contributed by atoms with Gasteiger partial charge in [0, 0.05) is 5.56 Å². The van der Waals surface area contributed by atoms with Gasteiger partial charge in [0.25, 0.3) is 0 Å². The second kappa shape index (κ2) is 2.77. The van der Waals surface area contributed by atoms with Crippen molar-refractivity contribution in [2.75, 3.05) is 0 Å². The summed E-state index contributed by atoms with van der Waals surface area (Å²) in [5.74, 6) is 0. The minimum Gasteiger partial charge on any atom is -0.348 e. The van der Waals surface area contributed by atoms with Gasteiger partial charge in [-0.3, -0.25) is 0 Å². The number of thiazole rings is 1. The number of benzene rings is 1. The van der Waals surface area contributed by atoms with Crippen LogP contribution in [0.5, 0.6) is 0 Å². The lowest BCUT2D eigenvalue weighted by atomic mass is 10.2. The molecule has 0 aliphatic carbocycles. The topological polar surface area (TPSA) is 60.3 Å². The van der Waals surface area contributed by atoms with E-state index in [0.29, 0.717) is 5.13 Å². The minimum atomic E-state index is 0.296. The van der Waals surface area contributed by atoms with Crippen LogP contribution in [0, 0.1) is 12.5 Å². The third-order valence-corrected chi connectivity index (χ3v) is 2.89. The summed E-state index contributed by atoms with van der Waals surface area (Å²) in [5.41, 5.74) is 8.55. The molecule has 5 heteroatoms. The standard InChI is InChI=1S/C8H8N3OS/c1-5-3-2-4-6-7(5)11(12)8(10-9)13-6/h2-4,9,12H,1H3/q+1. The van der Waals surface area contributed by atoms with Crippen LogP contribution < -0.4 is 4.73 Å². The number of hydrogen-bond donors (Lipinski definition) is 2. The molecule has 0 amide bonds. The molecule has 0 bridgehead atoms. The van der Waals surface area contributed by atoms with Gasteiger partial charge in [0.2, 0.25) is 0 Å². The predicted molar refractivity (Wildman–Crippen MR) is 48.7 cm³/mol. The highest BCUT2D eigenvalue weighted by Crippen LogP contribution is 2.26. The summed E-state index contributed by atoms with van der Waals surface area (Å²) in [4.78, 5) is 0. The maximum absolute atomic E-state index is 9.58. The molecule has 0 atom stereocenters. The van der Waals surface area contributed by atoms with E-state index in [2.05, 4.69) is 5.11 Å². The Labute approximate surface area is 78.5 Å². The fraction of sp³-hybridized carbons (Fsp3) is 0.125. The summed E-state index contributed by atoms with van der Waals surface area (Å²) in [6, 6.07) is 5.73. The van der Waals surface area contributed by atoms with E-state index in [4.69, 9.17) is 5.53 Å². The summed E-state index contributed by atoms with van der Waals surface area (Å²) in [6.45, 7) is 1.91. The molecule has 0 unspecified atom stereocenters. The summed E-state index contributed by atoms with van der Waals surface area (Å²) in [7, 11) is 0. The lowest BCUT2D eigenvalue weighted by Gasteiger charge is -1.91. The first-order valence-electron chi connectivity index (χ1n) is 3.75. The monoisotopic (exact) mass is 194 g/mol. The van der Waals surface area contributed by atoms with Crippen molar-refractivity contribution in [2.45, 2.75) is 6.92 Å². The van der Waals surface area contributed by atoms with Crippen LogP contribution >= 0.6 is 11.3 Å². The largest absolute Gasteiger partial charge is 0.447 e. The second-order valence-corrected chi connectivity index (χ2v) is 3.74. The zero-order valence-corrected chi connectivity index (χ0v) is 7.80. The first kappa shape index (κ1) is 8.12. The quantitative estimate of drug-likeness (QED) is 0.408. The average Bonchev–Trinajstić information content (AvgIpc) is 2.44. The Bertz CT molecular complexity index is 477. The molecule has 1 heterocycles. The zero-order chi connectivity index (χ0) is 9.42. The molecule has 2 N–H and O–H groups in total. The van der Waals surface area contributed by atoms with E-state index in [1.165, 1.54) is 11.3 Å². The summed E-state index contributed by atoms with van der Waals surface area (Å²) >= 11 is 1.30. The van der Waals surface area contributed by atoms with Crippen LogP contribution in [-0.2, 0) is 0 Å². The van der Waals surface area contributed by atoms with Gasteiger partial charge in [0.05, 0.1) is 9.81 Å². The van der Waals surface area contributed by atoms with E-state index in [1.54, 1.807) is 0 Å². The van der Waals surface area contributed by atoms with Gasteiger partial charge in [-0.05, 0) is 29.1 Å². The smallest absolute Gasteiger partial charge is 0.348 e. The Kier molecular flexibility index (Phi) is 1.73. The Balaban J connectivity index is 2.92. The molecule has 0 spiro atoms. The van der Waals surface area contributed by atoms with E-state index in [-0.39, 0.29) is 0 Å². The van der Waals surface area contributed by atoms with Gasteiger partial charge in [-0.25, -0.2) is 0 Å². The molecule has 0 radical (unpaired) electrons. The molecule has 1 aromatic carbocycles. The molecule has 0 saturated heterocycles. The van der Waals surface area contributed by atoms with Crippen LogP contribution in [0.4, 0.5) is 5.13 Å².